The van der Waals surface area contributed by atoms with Gasteiger partial charge < -0.3 is 14.6 Å². The maximum absolute atomic E-state index is 5.46. The summed E-state index contributed by atoms with van der Waals surface area (Å²) in [5.74, 6) is 0.988. The van der Waals surface area contributed by atoms with Crippen molar-refractivity contribution in [2.24, 2.45) is 0 Å². The minimum atomic E-state index is 0.403. The lowest BCUT2D eigenvalue weighted by molar-refractivity contribution is 0.502. The second-order valence-corrected chi connectivity index (χ2v) is 5.41. The van der Waals surface area contributed by atoms with E-state index in [0.29, 0.717) is 6.04 Å². The smallest absolute Gasteiger partial charge is 0.123 e. The van der Waals surface area contributed by atoms with E-state index >= 15 is 0 Å². The van der Waals surface area contributed by atoms with Gasteiger partial charge in [0, 0.05) is 18.8 Å². The Kier molecular flexibility index (Phi) is 5.88. The summed E-state index contributed by atoms with van der Waals surface area (Å²) in [5, 5.41) is 3.64. The third kappa shape index (κ3) is 4.11. The Morgan fingerprint density at radius 1 is 1.14 bits per heavy atom. The van der Waals surface area contributed by atoms with Crippen molar-refractivity contribution in [3.05, 3.63) is 54.0 Å². The van der Waals surface area contributed by atoms with E-state index in [9.17, 15) is 0 Å². The summed E-state index contributed by atoms with van der Waals surface area (Å²) in [5.41, 5.74) is 2.63. The minimum absolute atomic E-state index is 0.403. The molecule has 3 nitrogen and oxygen atoms in total. The Morgan fingerprint density at radius 2 is 1.95 bits per heavy atom. The molecular formula is C18H26N2O. The average molecular weight is 286 g/mol. The molecule has 114 valence electrons. The van der Waals surface area contributed by atoms with Crippen LogP contribution in [0.5, 0.6) is 0 Å². The second-order valence-electron chi connectivity index (χ2n) is 5.41. The van der Waals surface area contributed by atoms with E-state index in [1.54, 1.807) is 6.26 Å². The van der Waals surface area contributed by atoms with Gasteiger partial charge in [-0.25, -0.2) is 0 Å². The van der Waals surface area contributed by atoms with Crippen LogP contribution in [0.4, 0.5) is 5.69 Å². The Bertz CT molecular complexity index is 522. The molecule has 3 heteroatoms. The molecule has 21 heavy (non-hydrogen) atoms. The first-order chi connectivity index (χ1) is 10.3. The molecule has 0 aliphatic heterocycles. The SMILES string of the molecule is CCCNC(CC)c1ccccc1N(C)Cc1ccco1. The minimum Gasteiger partial charge on any atom is -0.467 e. The predicted molar refractivity (Wildman–Crippen MR) is 88.6 cm³/mol. The largest absolute Gasteiger partial charge is 0.467 e. The lowest BCUT2D eigenvalue weighted by Crippen LogP contribution is -2.25. The van der Waals surface area contributed by atoms with Crippen LogP contribution in [-0.4, -0.2) is 13.6 Å². The number of furan rings is 1. The lowest BCUT2D eigenvalue weighted by atomic mass is 10.0. The molecule has 0 aliphatic carbocycles. The lowest BCUT2D eigenvalue weighted by Gasteiger charge is -2.26. The molecule has 0 amide bonds. The van der Waals surface area contributed by atoms with E-state index in [1.807, 2.05) is 12.1 Å². The molecule has 0 saturated heterocycles. The molecule has 2 aromatic rings. The fourth-order valence-electron chi connectivity index (χ4n) is 2.64. The number of hydrogen-bond donors (Lipinski definition) is 1. The number of benzene rings is 1. The summed E-state index contributed by atoms with van der Waals surface area (Å²) in [4.78, 5) is 2.25. The maximum Gasteiger partial charge on any atom is 0.123 e. The van der Waals surface area contributed by atoms with E-state index in [2.05, 4.69) is 55.4 Å². The van der Waals surface area contributed by atoms with Crippen molar-refractivity contribution < 1.29 is 4.42 Å². The molecular weight excluding hydrogens is 260 g/mol. The monoisotopic (exact) mass is 286 g/mol. The highest BCUT2D eigenvalue weighted by Gasteiger charge is 2.15. The summed E-state index contributed by atoms with van der Waals surface area (Å²) < 4.78 is 5.46. The van der Waals surface area contributed by atoms with Gasteiger partial charge in [-0.2, -0.15) is 0 Å². The molecule has 2 rings (SSSR count). The van der Waals surface area contributed by atoms with E-state index in [0.717, 1.165) is 31.7 Å². The molecule has 0 spiro atoms. The van der Waals surface area contributed by atoms with E-state index < -0.39 is 0 Å². The van der Waals surface area contributed by atoms with Gasteiger partial charge in [0.25, 0.3) is 0 Å². The zero-order valence-electron chi connectivity index (χ0n) is 13.3. The first-order valence-corrected chi connectivity index (χ1v) is 7.82. The topological polar surface area (TPSA) is 28.4 Å². The van der Waals surface area contributed by atoms with Crippen LogP contribution in [0, 0.1) is 0 Å². The molecule has 1 heterocycles. The fraction of sp³-hybridized carbons (Fsp3) is 0.444. The number of hydrogen-bond acceptors (Lipinski definition) is 3. The number of nitrogens with one attached hydrogen (secondary N) is 1. The van der Waals surface area contributed by atoms with Crippen LogP contribution in [0.25, 0.3) is 0 Å². The molecule has 0 aliphatic rings. The summed E-state index contributed by atoms with van der Waals surface area (Å²) in [6, 6.07) is 13.0. The average Bonchev–Trinajstić information content (AvgIpc) is 3.01. The van der Waals surface area contributed by atoms with E-state index in [-0.39, 0.29) is 0 Å². The van der Waals surface area contributed by atoms with E-state index in [1.165, 1.54) is 11.3 Å². The van der Waals surface area contributed by atoms with Crippen molar-refractivity contribution in [2.75, 3.05) is 18.5 Å². The zero-order chi connectivity index (χ0) is 15.1. The Labute approximate surface area is 128 Å². The summed E-state index contributed by atoms with van der Waals surface area (Å²) >= 11 is 0. The Morgan fingerprint density at radius 3 is 2.62 bits per heavy atom. The molecule has 1 aromatic heterocycles. The Balaban J connectivity index is 2.18. The van der Waals surface area contributed by atoms with Crippen molar-refractivity contribution in [1.82, 2.24) is 5.32 Å². The molecule has 0 radical (unpaired) electrons. The molecule has 0 bridgehead atoms. The van der Waals surface area contributed by atoms with Crippen molar-refractivity contribution in [3.63, 3.8) is 0 Å². The van der Waals surface area contributed by atoms with E-state index in [4.69, 9.17) is 4.42 Å². The maximum atomic E-state index is 5.46. The van der Waals surface area contributed by atoms with Gasteiger partial charge in [-0.3, -0.25) is 0 Å². The zero-order valence-corrected chi connectivity index (χ0v) is 13.3. The molecule has 1 N–H and O–H groups in total. The van der Waals surface area contributed by atoms with Gasteiger partial charge in [0.2, 0.25) is 0 Å². The molecule has 1 aromatic carbocycles. The van der Waals surface area contributed by atoms with Gasteiger partial charge in [-0.1, -0.05) is 32.0 Å². The second kappa shape index (κ2) is 7.89. The van der Waals surface area contributed by atoms with Gasteiger partial charge in [0.05, 0.1) is 12.8 Å². The van der Waals surface area contributed by atoms with Gasteiger partial charge in [0.15, 0.2) is 0 Å². The number of rotatable bonds is 8. The quantitative estimate of drug-likeness (QED) is 0.781. The standard InChI is InChI=1S/C18H26N2O/c1-4-12-19-17(5-2)16-10-6-7-11-18(16)20(3)14-15-9-8-13-21-15/h6-11,13,17,19H,4-5,12,14H2,1-3H3. The predicted octanol–water partition coefficient (Wildman–Crippen LogP) is 4.37. The molecule has 0 fully saturated rings. The first-order valence-electron chi connectivity index (χ1n) is 7.82. The summed E-state index contributed by atoms with van der Waals surface area (Å²) in [6.07, 6.45) is 3.97. The van der Waals surface area contributed by atoms with Gasteiger partial charge in [-0.15, -0.1) is 0 Å². The fourth-order valence-corrected chi connectivity index (χ4v) is 2.64. The van der Waals surface area contributed by atoms with Crippen LogP contribution in [-0.2, 0) is 6.54 Å². The van der Waals surface area contributed by atoms with Crippen LogP contribution < -0.4 is 10.2 Å². The Hall–Kier alpha value is -1.74. The third-order valence-corrected chi connectivity index (χ3v) is 3.75. The third-order valence-electron chi connectivity index (χ3n) is 3.75. The van der Waals surface area contributed by atoms with Gasteiger partial charge in [-0.05, 0) is 43.1 Å². The highest BCUT2D eigenvalue weighted by Crippen LogP contribution is 2.28. The van der Waals surface area contributed by atoms with Crippen LogP contribution in [0.3, 0.4) is 0 Å². The van der Waals surface area contributed by atoms with Crippen molar-refractivity contribution in [3.8, 4) is 0 Å². The van der Waals surface area contributed by atoms with Crippen molar-refractivity contribution in [2.45, 2.75) is 39.3 Å². The highest BCUT2D eigenvalue weighted by atomic mass is 16.3. The number of nitrogens with zero attached hydrogens (tertiary/aromatic N) is 1. The van der Waals surface area contributed by atoms with Crippen molar-refractivity contribution >= 4 is 5.69 Å². The van der Waals surface area contributed by atoms with Gasteiger partial charge >= 0.3 is 0 Å². The van der Waals surface area contributed by atoms with Crippen LogP contribution in [0.1, 0.15) is 44.1 Å². The number of anilines is 1. The van der Waals surface area contributed by atoms with Gasteiger partial charge in [0.1, 0.15) is 5.76 Å². The van der Waals surface area contributed by atoms with Crippen molar-refractivity contribution in [1.29, 1.82) is 0 Å². The molecule has 1 unspecified atom stereocenters. The summed E-state index contributed by atoms with van der Waals surface area (Å²) in [7, 11) is 2.12. The normalized spacial score (nSPS) is 12.3. The number of para-hydroxylation sites is 1. The summed E-state index contributed by atoms with van der Waals surface area (Å²) in [6.45, 7) is 6.27. The molecule has 1 atom stereocenters. The van der Waals surface area contributed by atoms with Crippen LogP contribution >= 0.6 is 0 Å². The van der Waals surface area contributed by atoms with Crippen LogP contribution in [0.15, 0.2) is 47.1 Å². The van der Waals surface area contributed by atoms with Crippen LogP contribution in [0.2, 0.25) is 0 Å². The highest BCUT2D eigenvalue weighted by molar-refractivity contribution is 5.54. The molecule has 0 saturated carbocycles. The first kappa shape index (κ1) is 15.6.